The van der Waals surface area contributed by atoms with E-state index in [0.29, 0.717) is 12.8 Å². The van der Waals surface area contributed by atoms with Gasteiger partial charge >= 0.3 is 30.1 Å². The number of ether oxygens (including phenoxy) is 5. The summed E-state index contributed by atoms with van der Waals surface area (Å²) in [7, 11) is 0. The maximum Gasteiger partial charge on any atom is 0.408 e. The summed E-state index contributed by atoms with van der Waals surface area (Å²) in [5.41, 5.74) is 7.27. The SMILES string of the molecule is CC(=O)C(CC(NC(=O)OC(C)(C)C)C(=O)OC(C)C)c1ccccc1.CC(C)OC(=O)C(CC(c1ccccc1)C(C)N)NC(=O)OC(C)(C)C.CC1NC(=O)C(CC(=O)OC(C)(C)C)CC1c1ccccc1. The summed E-state index contributed by atoms with van der Waals surface area (Å²) in [5, 5.41) is 8.19. The summed E-state index contributed by atoms with van der Waals surface area (Å²) in [6.45, 7) is 28.3. The lowest BCUT2D eigenvalue weighted by atomic mass is 9.79. The Labute approximate surface area is 440 Å². The van der Waals surface area contributed by atoms with E-state index < -0.39 is 58.9 Å². The van der Waals surface area contributed by atoms with Gasteiger partial charge in [-0.3, -0.25) is 14.4 Å². The van der Waals surface area contributed by atoms with Crippen molar-refractivity contribution < 1.29 is 57.2 Å². The predicted octanol–water partition coefficient (Wildman–Crippen LogP) is 9.97. The van der Waals surface area contributed by atoms with Gasteiger partial charge < -0.3 is 45.4 Å². The molecular weight excluding hydrogens is 945 g/mol. The molecule has 0 bridgehead atoms. The highest BCUT2D eigenvalue weighted by atomic mass is 16.6. The molecule has 5 N–H and O–H groups in total. The third kappa shape index (κ3) is 25.1. The maximum absolute atomic E-state index is 12.5. The van der Waals surface area contributed by atoms with Crippen molar-refractivity contribution in [2.75, 3.05) is 0 Å². The number of esters is 3. The van der Waals surface area contributed by atoms with Crippen molar-refractivity contribution in [2.24, 2.45) is 11.7 Å². The highest BCUT2D eigenvalue weighted by molar-refractivity contribution is 5.87. The van der Waals surface area contributed by atoms with Crippen LogP contribution >= 0.6 is 0 Å². The first-order valence-electron chi connectivity index (χ1n) is 25.6. The molecule has 0 aliphatic carbocycles. The van der Waals surface area contributed by atoms with Crippen molar-refractivity contribution in [3.63, 3.8) is 0 Å². The number of carbonyl (C=O) groups is 7. The summed E-state index contributed by atoms with van der Waals surface area (Å²) in [5.74, 6) is -2.28. The third-order valence-electron chi connectivity index (χ3n) is 11.1. The van der Waals surface area contributed by atoms with Crippen LogP contribution in [0.25, 0.3) is 0 Å². The van der Waals surface area contributed by atoms with E-state index in [0.717, 1.165) is 11.1 Å². The van der Waals surface area contributed by atoms with E-state index in [2.05, 4.69) is 28.1 Å². The zero-order valence-electron chi connectivity index (χ0n) is 46.7. The van der Waals surface area contributed by atoms with Gasteiger partial charge in [-0.2, -0.15) is 0 Å². The second kappa shape index (κ2) is 29.6. The minimum Gasteiger partial charge on any atom is -0.461 e. The molecule has 0 saturated carbocycles. The number of ketones is 1. The molecule has 8 atom stereocenters. The molecule has 1 heterocycles. The lowest BCUT2D eigenvalue weighted by Crippen LogP contribution is -2.47. The lowest BCUT2D eigenvalue weighted by Gasteiger charge is -2.35. The van der Waals surface area contributed by atoms with Gasteiger partial charge in [0.2, 0.25) is 5.91 Å². The van der Waals surface area contributed by atoms with Crippen molar-refractivity contribution in [3.8, 4) is 0 Å². The smallest absolute Gasteiger partial charge is 0.408 e. The number of amides is 3. The molecule has 16 heteroatoms. The third-order valence-corrected chi connectivity index (χ3v) is 11.1. The van der Waals surface area contributed by atoms with Gasteiger partial charge in [-0.15, -0.1) is 0 Å². The molecular formula is C58H86N4O12. The second-order valence-electron chi connectivity index (χ2n) is 22.3. The van der Waals surface area contributed by atoms with Crippen LogP contribution in [0.2, 0.25) is 0 Å². The van der Waals surface area contributed by atoms with Crippen LogP contribution in [-0.4, -0.2) is 95.0 Å². The molecule has 0 spiro atoms. The lowest BCUT2D eigenvalue weighted by molar-refractivity contribution is -0.158. The molecule has 4 rings (SSSR count). The van der Waals surface area contributed by atoms with E-state index in [4.69, 9.17) is 29.4 Å². The van der Waals surface area contributed by atoms with Crippen LogP contribution in [0.15, 0.2) is 91.0 Å². The molecule has 1 saturated heterocycles. The normalized spacial score (nSPS) is 17.7. The second-order valence-corrected chi connectivity index (χ2v) is 22.3. The minimum absolute atomic E-state index is 0.0504. The van der Waals surface area contributed by atoms with Crippen LogP contribution in [0.3, 0.4) is 0 Å². The Morgan fingerprint density at radius 2 is 1.03 bits per heavy atom. The van der Waals surface area contributed by atoms with Gasteiger partial charge in [0.05, 0.1) is 18.6 Å². The quantitative estimate of drug-likeness (QED) is 0.0730. The number of rotatable bonds is 17. The van der Waals surface area contributed by atoms with E-state index in [1.807, 2.05) is 113 Å². The predicted molar refractivity (Wildman–Crippen MR) is 286 cm³/mol. The molecule has 3 aromatic carbocycles. The van der Waals surface area contributed by atoms with Crippen LogP contribution < -0.4 is 21.7 Å². The fraction of sp³-hybridized carbons (Fsp3) is 0.569. The van der Waals surface area contributed by atoms with Gasteiger partial charge in [0.25, 0.3) is 0 Å². The van der Waals surface area contributed by atoms with Crippen LogP contribution in [0.4, 0.5) is 9.59 Å². The Kier molecular flexibility index (Phi) is 25.5. The van der Waals surface area contributed by atoms with Crippen LogP contribution in [0.1, 0.15) is 171 Å². The molecule has 74 heavy (non-hydrogen) atoms. The van der Waals surface area contributed by atoms with Gasteiger partial charge in [-0.25, -0.2) is 19.2 Å². The van der Waals surface area contributed by atoms with E-state index in [1.54, 1.807) is 69.2 Å². The average Bonchev–Trinajstić information content (AvgIpc) is 3.26. The van der Waals surface area contributed by atoms with Gasteiger partial charge in [-0.1, -0.05) is 91.0 Å². The minimum atomic E-state index is -0.985. The highest BCUT2D eigenvalue weighted by Gasteiger charge is 2.37. The topological polar surface area (TPSA) is 228 Å². The monoisotopic (exact) mass is 1030 g/mol. The van der Waals surface area contributed by atoms with Crippen LogP contribution in [0.5, 0.6) is 0 Å². The van der Waals surface area contributed by atoms with Gasteiger partial charge in [0.1, 0.15) is 34.7 Å². The van der Waals surface area contributed by atoms with Crippen molar-refractivity contribution in [1.29, 1.82) is 0 Å². The van der Waals surface area contributed by atoms with Crippen molar-refractivity contribution >= 4 is 41.8 Å². The molecule has 410 valence electrons. The fourth-order valence-electron chi connectivity index (χ4n) is 7.97. The first-order valence-corrected chi connectivity index (χ1v) is 25.6. The number of alkyl carbamates (subject to hydrolysis) is 2. The van der Waals surface area contributed by atoms with E-state index in [9.17, 15) is 33.6 Å². The average molecular weight is 1030 g/mol. The number of benzene rings is 3. The molecule has 16 nitrogen and oxygen atoms in total. The maximum atomic E-state index is 12.5. The Morgan fingerprint density at radius 1 is 0.622 bits per heavy atom. The van der Waals surface area contributed by atoms with Crippen LogP contribution in [-0.2, 0) is 47.7 Å². The number of hydrogen-bond donors (Lipinski definition) is 4. The summed E-state index contributed by atoms with van der Waals surface area (Å²) < 4.78 is 26.4. The molecule has 3 amide bonds. The molecule has 0 radical (unpaired) electrons. The zero-order valence-corrected chi connectivity index (χ0v) is 46.7. The summed E-state index contributed by atoms with van der Waals surface area (Å²) >= 11 is 0. The molecule has 1 fully saturated rings. The summed E-state index contributed by atoms with van der Waals surface area (Å²) in [6, 6.07) is 27.0. The van der Waals surface area contributed by atoms with Crippen molar-refractivity contribution in [1.82, 2.24) is 16.0 Å². The Bertz CT molecular complexity index is 2230. The Morgan fingerprint density at radius 3 is 1.42 bits per heavy atom. The molecule has 1 aliphatic rings. The fourth-order valence-corrected chi connectivity index (χ4v) is 7.97. The highest BCUT2D eigenvalue weighted by Crippen LogP contribution is 2.33. The number of hydrogen-bond acceptors (Lipinski definition) is 13. The number of nitrogens with two attached hydrogens (primary N) is 1. The van der Waals surface area contributed by atoms with E-state index in [-0.39, 0.29) is 72.5 Å². The summed E-state index contributed by atoms with van der Waals surface area (Å²) in [4.78, 5) is 85.5. The first-order chi connectivity index (χ1) is 34.2. The van der Waals surface area contributed by atoms with Crippen LogP contribution in [0, 0.1) is 5.92 Å². The largest absolute Gasteiger partial charge is 0.461 e. The number of carbonyl (C=O) groups excluding carboxylic acids is 7. The first kappa shape index (κ1) is 63.8. The molecule has 8 unspecified atom stereocenters. The zero-order chi connectivity index (χ0) is 56.1. The van der Waals surface area contributed by atoms with Gasteiger partial charge in [0, 0.05) is 35.8 Å². The van der Waals surface area contributed by atoms with Gasteiger partial charge in [0.15, 0.2) is 0 Å². The molecule has 0 aromatic heterocycles. The van der Waals surface area contributed by atoms with Crippen molar-refractivity contribution in [3.05, 3.63) is 108 Å². The molecule has 1 aliphatic heterocycles. The van der Waals surface area contributed by atoms with Crippen molar-refractivity contribution in [2.45, 2.75) is 207 Å². The van der Waals surface area contributed by atoms with E-state index >= 15 is 0 Å². The number of nitrogens with one attached hydrogen (secondary N) is 3. The van der Waals surface area contributed by atoms with Gasteiger partial charge in [-0.05, 0) is 147 Å². The molecule has 3 aromatic rings. The van der Waals surface area contributed by atoms with E-state index in [1.165, 1.54) is 12.5 Å². The standard InChI is InChI=1S/C20H32N2O4.C20H29NO5.C18H25NO3/c1-13(2)25-18(23)17(22-19(24)26-20(4,5)6)12-16(14(3)21)15-10-8-7-9-11-15;1-13(2)25-18(23)17(21-19(24)26-20(4,5)6)12-16(14(3)22)15-10-8-7-9-11-15;1-12-15(13-8-6-5-7-9-13)10-14(17(21)19-12)11-16(20)22-18(2,3)4/h7-11,13-14,16-17H,12,21H2,1-6H3,(H,22,24);7-11,13,16-17H,12H2,1-6H3,(H,21,24);5-9,12,14-15H,10-11H2,1-4H3,(H,19,21). The summed E-state index contributed by atoms with van der Waals surface area (Å²) in [6.07, 6.45) is -0.751. The number of piperidine rings is 1. The Hall–Kier alpha value is -6.29. The Balaban J connectivity index is 0.000000381. The number of Topliss-reactive ketones (excluding diaryl/α,β-unsaturated/α-hetero) is 1.